The molecule has 1 fully saturated rings. The summed E-state index contributed by atoms with van der Waals surface area (Å²) in [4.78, 5) is 15.1. The molecule has 0 saturated heterocycles. The second-order valence-corrected chi connectivity index (χ2v) is 7.15. The van der Waals surface area contributed by atoms with Crippen molar-refractivity contribution in [3.63, 3.8) is 0 Å². The summed E-state index contributed by atoms with van der Waals surface area (Å²) >= 11 is 0. The predicted molar refractivity (Wildman–Crippen MR) is 102 cm³/mol. The molecular formula is C22H28N2O. The molecule has 2 aromatic rings. The fourth-order valence-electron chi connectivity index (χ4n) is 3.79. The predicted octanol–water partition coefficient (Wildman–Crippen LogP) is 4.29. The van der Waals surface area contributed by atoms with Crippen molar-refractivity contribution in [2.24, 2.45) is 11.7 Å². The lowest BCUT2D eigenvalue weighted by molar-refractivity contribution is -0.135. The van der Waals surface area contributed by atoms with Crippen LogP contribution in [-0.2, 0) is 11.3 Å². The first-order valence-electron chi connectivity index (χ1n) is 9.29. The summed E-state index contributed by atoms with van der Waals surface area (Å²) in [7, 11) is 0. The smallest absolute Gasteiger partial charge is 0.223 e. The van der Waals surface area contributed by atoms with Crippen molar-refractivity contribution in [3.05, 3.63) is 71.8 Å². The molecule has 0 aliphatic heterocycles. The number of nitrogens with zero attached hydrogens (tertiary/aromatic N) is 1. The Hall–Kier alpha value is -2.13. The Morgan fingerprint density at radius 1 is 1.08 bits per heavy atom. The summed E-state index contributed by atoms with van der Waals surface area (Å²) in [6, 6.07) is 20.7. The van der Waals surface area contributed by atoms with E-state index in [1.54, 1.807) is 0 Å². The number of rotatable bonds is 6. The van der Waals surface area contributed by atoms with E-state index >= 15 is 0 Å². The molecular weight excluding hydrogens is 308 g/mol. The van der Waals surface area contributed by atoms with Gasteiger partial charge in [-0.3, -0.25) is 4.79 Å². The first-order chi connectivity index (χ1) is 12.1. The van der Waals surface area contributed by atoms with E-state index in [-0.39, 0.29) is 18.0 Å². The van der Waals surface area contributed by atoms with Crippen LogP contribution in [0.25, 0.3) is 0 Å². The molecule has 1 aliphatic carbocycles. The highest BCUT2D eigenvalue weighted by Gasteiger charge is 2.30. The maximum atomic E-state index is 13.1. The van der Waals surface area contributed by atoms with Crippen molar-refractivity contribution in [2.75, 3.05) is 0 Å². The fraction of sp³-hybridized carbons (Fsp3) is 0.409. The molecule has 0 bridgehead atoms. The lowest BCUT2D eigenvalue weighted by Gasteiger charge is -2.31. The molecule has 3 heteroatoms. The Balaban J connectivity index is 1.79. The minimum absolute atomic E-state index is 0.0477. The largest absolute Gasteiger partial charge is 0.332 e. The van der Waals surface area contributed by atoms with Crippen molar-refractivity contribution in [1.29, 1.82) is 0 Å². The molecule has 0 heterocycles. The lowest BCUT2D eigenvalue weighted by atomic mass is 9.98. The summed E-state index contributed by atoms with van der Waals surface area (Å²) in [6.45, 7) is 2.75. The highest BCUT2D eigenvalue weighted by atomic mass is 16.2. The van der Waals surface area contributed by atoms with Crippen molar-refractivity contribution in [1.82, 2.24) is 4.90 Å². The molecule has 0 radical (unpaired) electrons. The van der Waals surface area contributed by atoms with Gasteiger partial charge in [0.2, 0.25) is 5.91 Å². The van der Waals surface area contributed by atoms with Crippen LogP contribution in [0.5, 0.6) is 0 Å². The topological polar surface area (TPSA) is 46.3 Å². The second-order valence-electron chi connectivity index (χ2n) is 7.15. The Kier molecular flexibility index (Phi) is 5.87. The van der Waals surface area contributed by atoms with Crippen molar-refractivity contribution < 1.29 is 4.79 Å². The number of hydrogen-bond acceptors (Lipinski definition) is 2. The molecule has 0 aromatic heterocycles. The normalized spacial score (nSPS) is 21.0. The number of amides is 1. The van der Waals surface area contributed by atoms with Crippen LogP contribution in [0.1, 0.15) is 49.8 Å². The Bertz CT molecular complexity index is 671. The quantitative estimate of drug-likeness (QED) is 0.855. The van der Waals surface area contributed by atoms with Gasteiger partial charge in [0.05, 0.1) is 6.04 Å². The second kappa shape index (κ2) is 8.30. The fourth-order valence-corrected chi connectivity index (χ4v) is 3.79. The maximum absolute atomic E-state index is 13.1. The van der Waals surface area contributed by atoms with Gasteiger partial charge < -0.3 is 10.6 Å². The zero-order valence-corrected chi connectivity index (χ0v) is 15.0. The van der Waals surface area contributed by atoms with Crippen molar-refractivity contribution >= 4 is 5.91 Å². The van der Waals surface area contributed by atoms with Gasteiger partial charge in [0.15, 0.2) is 0 Å². The van der Waals surface area contributed by atoms with Gasteiger partial charge in [-0.25, -0.2) is 0 Å². The van der Waals surface area contributed by atoms with E-state index < -0.39 is 0 Å². The third-order valence-electron chi connectivity index (χ3n) is 5.42. The van der Waals surface area contributed by atoms with Gasteiger partial charge in [-0.2, -0.15) is 0 Å². The van der Waals surface area contributed by atoms with Crippen LogP contribution >= 0.6 is 0 Å². The van der Waals surface area contributed by atoms with Crippen molar-refractivity contribution in [2.45, 2.75) is 51.2 Å². The van der Waals surface area contributed by atoms with Crippen LogP contribution in [0, 0.1) is 5.92 Å². The Labute approximate surface area is 150 Å². The van der Waals surface area contributed by atoms with Gasteiger partial charge in [0.1, 0.15) is 0 Å². The van der Waals surface area contributed by atoms with E-state index in [1.165, 1.54) is 5.56 Å². The molecule has 25 heavy (non-hydrogen) atoms. The average Bonchev–Trinajstić information content (AvgIpc) is 3.05. The van der Waals surface area contributed by atoms with Gasteiger partial charge in [0.25, 0.3) is 0 Å². The lowest BCUT2D eigenvalue weighted by Crippen LogP contribution is -2.36. The molecule has 132 valence electrons. The van der Waals surface area contributed by atoms with E-state index in [2.05, 4.69) is 31.2 Å². The zero-order chi connectivity index (χ0) is 17.6. The van der Waals surface area contributed by atoms with E-state index in [0.29, 0.717) is 18.9 Å². The molecule has 3 nitrogen and oxygen atoms in total. The number of hydrogen-bond donors (Lipinski definition) is 1. The summed E-state index contributed by atoms with van der Waals surface area (Å²) in [5, 5.41) is 0. The number of benzene rings is 2. The third-order valence-corrected chi connectivity index (χ3v) is 5.42. The zero-order valence-electron chi connectivity index (χ0n) is 15.0. The molecule has 3 atom stereocenters. The minimum atomic E-state index is 0.0477. The first-order valence-corrected chi connectivity index (χ1v) is 9.29. The molecule has 1 amide bonds. The summed E-state index contributed by atoms with van der Waals surface area (Å²) in [5.41, 5.74) is 8.53. The standard InChI is InChI=1S/C22H28N2O/c1-17(19-11-6-3-7-12-19)24(16-18-9-4-2-5-10-18)22(25)15-20-13-8-14-21(20)23/h2-7,9-12,17,20-21H,8,13-16,23H2,1H3/t17?,20-,21+/m0/s1. The Morgan fingerprint density at radius 2 is 1.72 bits per heavy atom. The van der Waals surface area contributed by atoms with E-state index in [9.17, 15) is 4.79 Å². The monoisotopic (exact) mass is 336 g/mol. The summed E-state index contributed by atoms with van der Waals surface area (Å²) in [6.07, 6.45) is 3.83. The molecule has 1 saturated carbocycles. The highest BCUT2D eigenvalue weighted by Crippen LogP contribution is 2.30. The first kappa shape index (κ1) is 17.7. The summed E-state index contributed by atoms with van der Waals surface area (Å²) in [5.74, 6) is 0.538. The van der Waals surface area contributed by atoms with E-state index in [1.807, 2.05) is 41.3 Å². The average molecular weight is 336 g/mol. The number of nitrogens with two attached hydrogens (primary N) is 1. The molecule has 0 spiro atoms. The van der Waals surface area contributed by atoms with Crippen LogP contribution in [0.4, 0.5) is 0 Å². The van der Waals surface area contributed by atoms with Gasteiger partial charge in [0, 0.05) is 19.0 Å². The molecule has 1 unspecified atom stereocenters. The minimum Gasteiger partial charge on any atom is -0.332 e. The van der Waals surface area contributed by atoms with Crippen molar-refractivity contribution in [3.8, 4) is 0 Å². The van der Waals surface area contributed by atoms with Crippen LogP contribution in [0.3, 0.4) is 0 Å². The summed E-state index contributed by atoms with van der Waals surface area (Å²) < 4.78 is 0. The maximum Gasteiger partial charge on any atom is 0.223 e. The van der Waals surface area contributed by atoms with Gasteiger partial charge in [-0.1, -0.05) is 67.1 Å². The third kappa shape index (κ3) is 4.49. The van der Waals surface area contributed by atoms with Crippen LogP contribution in [0.2, 0.25) is 0 Å². The van der Waals surface area contributed by atoms with E-state index in [4.69, 9.17) is 5.73 Å². The van der Waals surface area contributed by atoms with Crippen LogP contribution < -0.4 is 5.73 Å². The Morgan fingerprint density at radius 3 is 2.32 bits per heavy atom. The molecule has 2 aromatic carbocycles. The molecule has 3 rings (SSSR count). The molecule has 1 aliphatic rings. The van der Waals surface area contributed by atoms with Gasteiger partial charge in [-0.15, -0.1) is 0 Å². The van der Waals surface area contributed by atoms with E-state index in [0.717, 1.165) is 24.8 Å². The van der Waals surface area contributed by atoms with Crippen LogP contribution in [0.15, 0.2) is 60.7 Å². The number of carbonyl (C=O) groups excluding carboxylic acids is 1. The SMILES string of the molecule is CC(c1ccccc1)N(Cc1ccccc1)C(=O)C[C@@H]1CCC[C@H]1N. The van der Waals surface area contributed by atoms with Crippen LogP contribution in [-0.4, -0.2) is 16.8 Å². The van der Waals surface area contributed by atoms with Gasteiger partial charge in [-0.05, 0) is 36.8 Å². The number of carbonyl (C=O) groups is 1. The molecule has 2 N–H and O–H groups in total. The van der Waals surface area contributed by atoms with Gasteiger partial charge >= 0.3 is 0 Å². The highest BCUT2D eigenvalue weighted by molar-refractivity contribution is 5.77.